The van der Waals surface area contributed by atoms with Gasteiger partial charge in [0.1, 0.15) is 0 Å². The maximum atomic E-state index is 13.5. The van der Waals surface area contributed by atoms with Crippen LogP contribution in [0, 0.1) is 25.5 Å². The molecule has 2 aromatic carbocycles. The van der Waals surface area contributed by atoms with Gasteiger partial charge in [0.2, 0.25) is 0 Å². The standard InChI is InChI=1S/C16H14F2O/c1-10-6-7-11(2)12(8-10)9-15(19)13-4-3-5-14(17)16(13)18/h3-8H,9H2,1-2H3. The number of ketones is 1. The average Bonchev–Trinajstić information content (AvgIpc) is 2.37. The van der Waals surface area contributed by atoms with Gasteiger partial charge in [-0.2, -0.15) is 0 Å². The van der Waals surface area contributed by atoms with Crippen LogP contribution in [-0.4, -0.2) is 5.78 Å². The van der Waals surface area contributed by atoms with E-state index in [0.29, 0.717) is 0 Å². The number of carbonyl (C=O) groups excluding carboxylic acids is 1. The summed E-state index contributed by atoms with van der Waals surface area (Å²) in [5, 5.41) is 0. The van der Waals surface area contributed by atoms with E-state index in [1.807, 2.05) is 32.0 Å². The monoisotopic (exact) mass is 260 g/mol. The number of benzene rings is 2. The Morgan fingerprint density at radius 2 is 1.84 bits per heavy atom. The first-order chi connectivity index (χ1) is 8.99. The Labute approximate surface area is 110 Å². The highest BCUT2D eigenvalue weighted by atomic mass is 19.2. The van der Waals surface area contributed by atoms with Gasteiger partial charge in [-0.15, -0.1) is 0 Å². The Morgan fingerprint density at radius 1 is 1.11 bits per heavy atom. The Balaban J connectivity index is 2.31. The highest BCUT2D eigenvalue weighted by Gasteiger charge is 2.16. The number of carbonyl (C=O) groups is 1. The topological polar surface area (TPSA) is 17.1 Å². The minimum Gasteiger partial charge on any atom is -0.294 e. The Morgan fingerprint density at radius 3 is 2.58 bits per heavy atom. The van der Waals surface area contributed by atoms with Crippen molar-refractivity contribution in [3.05, 3.63) is 70.3 Å². The summed E-state index contributed by atoms with van der Waals surface area (Å²) in [4.78, 5) is 12.0. The Bertz CT molecular complexity index is 633. The van der Waals surface area contributed by atoms with Crippen LogP contribution in [0.5, 0.6) is 0 Å². The van der Waals surface area contributed by atoms with E-state index in [4.69, 9.17) is 0 Å². The van der Waals surface area contributed by atoms with Crippen LogP contribution in [0.3, 0.4) is 0 Å². The molecule has 0 unspecified atom stereocenters. The second-order valence-corrected chi connectivity index (χ2v) is 4.63. The van der Waals surface area contributed by atoms with Gasteiger partial charge in [-0.05, 0) is 37.1 Å². The molecule has 0 aliphatic heterocycles. The summed E-state index contributed by atoms with van der Waals surface area (Å²) >= 11 is 0. The highest BCUT2D eigenvalue weighted by molar-refractivity contribution is 5.97. The molecule has 0 aliphatic carbocycles. The summed E-state index contributed by atoms with van der Waals surface area (Å²) in [6.45, 7) is 3.82. The third kappa shape index (κ3) is 2.87. The van der Waals surface area contributed by atoms with Crippen LogP contribution in [0.25, 0.3) is 0 Å². The third-order valence-electron chi connectivity index (χ3n) is 3.11. The molecule has 3 heteroatoms. The summed E-state index contributed by atoms with van der Waals surface area (Å²) in [5.41, 5.74) is 2.65. The molecule has 0 saturated carbocycles. The maximum absolute atomic E-state index is 13.5. The van der Waals surface area contributed by atoms with Crippen LogP contribution in [0.4, 0.5) is 8.78 Å². The molecular formula is C16H14F2O. The number of rotatable bonds is 3. The maximum Gasteiger partial charge on any atom is 0.170 e. The van der Waals surface area contributed by atoms with E-state index in [-0.39, 0.29) is 12.0 Å². The van der Waals surface area contributed by atoms with Crippen molar-refractivity contribution in [1.82, 2.24) is 0 Å². The van der Waals surface area contributed by atoms with Crippen molar-refractivity contribution in [3.8, 4) is 0 Å². The van der Waals surface area contributed by atoms with Gasteiger partial charge in [0.25, 0.3) is 0 Å². The van der Waals surface area contributed by atoms with Crippen molar-refractivity contribution in [2.45, 2.75) is 20.3 Å². The van der Waals surface area contributed by atoms with E-state index >= 15 is 0 Å². The summed E-state index contributed by atoms with van der Waals surface area (Å²) in [7, 11) is 0. The van der Waals surface area contributed by atoms with Crippen molar-refractivity contribution in [1.29, 1.82) is 0 Å². The second kappa shape index (κ2) is 5.31. The number of aryl methyl sites for hydroxylation is 2. The smallest absolute Gasteiger partial charge is 0.170 e. The molecule has 2 aromatic rings. The first-order valence-electron chi connectivity index (χ1n) is 6.02. The van der Waals surface area contributed by atoms with Crippen LogP contribution in [0.1, 0.15) is 27.0 Å². The summed E-state index contributed by atoms with van der Waals surface area (Å²) in [5.74, 6) is -2.48. The van der Waals surface area contributed by atoms with Gasteiger partial charge in [-0.3, -0.25) is 4.79 Å². The van der Waals surface area contributed by atoms with Gasteiger partial charge in [0.15, 0.2) is 17.4 Å². The zero-order valence-corrected chi connectivity index (χ0v) is 10.8. The van der Waals surface area contributed by atoms with E-state index < -0.39 is 17.4 Å². The molecule has 1 nitrogen and oxygen atoms in total. The highest BCUT2D eigenvalue weighted by Crippen LogP contribution is 2.17. The second-order valence-electron chi connectivity index (χ2n) is 4.63. The van der Waals surface area contributed by atoms with E-state index in [1.165, 1.54) is 12.1 Å². The SMILES string of the molecule is Cc1ccc(C)c(CC(=O)c2cccc(F)c2F)c1. The van der Waals surface area contributed by atoms with Gasteiger partial charge in [0.05, 0.1) is 5.56 Å². The van der Waals surface area contributed by atoms with E-state index in [1.54, 1.807) is 0 Å². The summed E-state index contributed by atoms with van der Waals surface area (Å²) < 4.78 is 26.6. The third-order valence-corrected chi connectivity index (χ3v) is 3.11. The van der Waals surface area contributed by atoms with Crippen molar-refractivity contribution < 1.29 is 13.6 Å². The molecule has 0 heterocycles. The molecule has 0 bridgehead atoms. The molecule has 19 heavy (non-hydrogen) atoms. The lowest BCUT2D eigenvalue weighted by atomic mass is 9.97. The first-order valence-corrected chi connectivity index (χ1v) is 6.02. The van der Waals surface area contributed by atoms with Gasteiger partial charge < -0.3 is 0 Å². The molecule has 0 aromatic heterocycles. The number of halogens is 2. The van der Waals surface area contributed by atoms with E-state index in [0.717, 1.165) is 22.8 Å². The van der Waals surface area contributed by atoms with Gasteiger partial charge >= 0.3 is 0 Å². The molecule has 98 valence electrons. The lowest BCUT2D eigenvalue weighted by Gasteiger charge is -2.07. The van der Waals surface area contributed by atoms with Gasteiger partial charge in [0, 0.05) is 6.42 Å². The zero-order valence-electron chi connectivity index (χ0n) is 10.8. The Hall–Kier alpha value is -2.03. The minimum atomic E-state index is -1.07. The van der Waals surface area contributed by atoms with Crippen molar-refractivity contribution in [3.63, 3.8) is 0 Å². The molecule has 2 rings (SSSR count). The molecule has 0 fully saturated rings. The minimum absolute atomic E-state index is 0.0773. The van der Waals surface area contributed by atoms with Gasteiger partial charge in [-0.25, -0.2) is 8.78 Å². The van der Waals surface area contributed by atoms with Crippen molar-refractivity contribution in [2.75, 3.05) is 0 Å². The normalized spacial score (nSPS) is 10.5. The molecule has 0 aliphatic rings. The molecule has 0 atom stereocenters. The Kier molecular flexibility index (Phi) is 3.74. The van der Waals surface area contributed by atoms with E-state index in [2.05, 4.69) is 0 Å². The first kappa shape index (κ1) is 13.4. The molecule has 0 spiro atoms. The van der Waals surface area contributed by atoms with Gasteiger partial charge in [-0.1, -0.05) is 29.8 Å². The molecule has 0 amide bonds. The molecule has 0 saturated heterocycles. The largest absolute Gasteiger partial charge is 0.294 e. The summed E-state index contributed by atoms with van der Waals surface area (Å²) in [6, 6.07) is 9.42. The molecule has 0 N–H and O–H groups in total. The van der Waals surface area contributed by atoms with Crippen LogP contribution < -0.4 is 0 Å². The predicted octanol–water partition coefficient (Wildman–Crippen LogP) is 4.01. The molecular weight excluding hydrogens is 246 g/mol. The predicted molar refractivity (Wildman–Crippen MR) is 70.3 cm³/mol. The van der Waals surface area contributed by atoms with Crippen LogP contribution >= 0.6 is 0 Å². The fourth-order valence-corrected chi connectivity index (χ4v) is 1.98. The average molecular weight is 260 g/mol. The lowest BCUT2D eigenvalue weighted by molar-refractivity contribution is 0.0988. The fourth-order valence-electron chi connectivity index (χ4n) is 1.98. The lowest BCUT2D eigenvalue weighted by Crippen LogP contribution is -2.08. The number of Topliss-reactive ketones (excluding diaryl/α,β-unsaturated/α-hetero) is 1. The van der Waals surface area contributed by atoms with Crippen LogP contribution in [-0.2, 0) is 6.42 Å². The zero-order chi connectivity index (χ0) is 14.0. The van der Waals surface area contributed by atoms with Crippen LogP contribution in [0.2, 0.25) is 0 Å². The summed E-state index contributed by atoms with van der Waals surface area (Å²) in [6.07, 6.45) is 0.0773. The van der Waals surface area contributed by atoms with Crippen molar-refractivity contribution >= 4 is 5.78 Å². The van der Waals surface area contributed by atoms with E-state index in [9.17, 15) is 13.6 Å². The fraction of sp³-hybridized carbons (Fsp3) is 0.188. The number of hydrogen-bond acceptors (Lipinski definition) is 1. The quantitative estimate of drug-likeness (QED) is 0.762. The number of hydrogen-bond donors (Lipinski definition) is 0. The van der Waals surface area contributed by atoms with Crippen molar-refractivity contribution in [2.24, 2.45) is 0 Å². The van der Waals surface area contributed by atoms with Crippen LogP contribution in [0.15, 0.2) is 36.4 Å². The molecule has 0 radical (unpaired) electrons.